The van der Waals surface area contributed by atoms with E-state index in [-0.39, 0.29) is 24.1 Å². The molecule has 14 heteroatoms. The molecule has 0 amide bonds. The molecule has 4 fully saturated rings. The Morgan fingerprint density at radius 3 is 0.929 bits per heavy atom. The topological polar surface area (TPSA) is 110 Å². The minimum absolute atomic E-state index is 0.253. The van der Waals surface area contributed by atoms with Crippen LogP contribution in [0.25, 0.3) is 0 Å². The number of rotatable bonds is 20. The summed E-state index contributed by atoms with van der Waals surface area (Å²) in [7, 11) is 2.22. The number of para-hydroxylation sites is 4. The van der Waals surface area contributed by atoms with E-state index < -0.39 is 6.10 Å². The lowest BCUT2D eigenvalue weighted by molar-refractivity contribution is 0.144. The monoisotopic (exact) mass is 1520 g/mol. The summed E-state index contributed by atoms with van der Waals surface area (Å²) in [5, 5.41) is 41.9. The van der Waals surface area contributed by atoms with Gasteiger partial charge in [-0.25, -0.2) is 4.39 Å². The molecule has 1 unspecified atom stereocenters. The third-order valence-electron chi connectivity index (χ3n) is 28.6. The Bertz CT molecular complexity index is 4170. The number of aliphatic hydroxyl groups excluding tert-OH is 4. The first-order valence-corrected chi connectivity index (χ1v) is 44.1. The number of fused-ring (bicyclic) bond motifs is 12. The normalized spacial score (nSPS) is 24.6. The van der Waals surface area contributed by atoms with Crippen molar-refractivity contribution in [1.82, 2.24) is 19.6 Å². The fourth-order valence-corrected chi connectivity index (χ4v) is 22.6. The fraction of sp³-hybridized carbons (Fsp3) is 0.515. The number of hydrogen-bond donors (Lipinski definition) is 4. The largest absolute Gasteiger partial charge is 0.388 e. The number of likely N-dealkylation sites (tertiary alicyclic amines) is 4. The van der Waals surface area contributed by atoms with Crippen molar-refractivity contribution in [2.45, 2.75) is 209 Å². The molecule has 4 N–H and O–H groups in total. The van der Waals surface area contributed by atoms with E-state index in [2.05, 4.69) is 218 Å². The second-order valence-corrected chi connectivity index (χ2v) is 35.8. The number of anilines is 5. The van der Waals surface area contributed by atoms with Crippen LogP contribution in [-0.2, 0) is 19.3 Å². The van der Waals surface area contributed by atoms with Gasteiger partial charge in [-0.1, -0.05) is 168 Å². The van der Waals surface area contributed by atoms with E-state index in [1.807, 2.05) is 0 Å². The van der Waals surface area contributed by atoms with E-state index >= 15 is 0 Å². The zero-order valence-corrected chi connectivity index (χ0v) is 68.0. The Morgan fingerprint density at radius 1 is 0.327 bits per heavy atom. The van der Waals surface area contributed by atoms with Crippen molar-refractivity contribution >= 4 is 28.4 Å². The highest BCUT2D eigenvalue weighted by molar-refractivity contribution is 5.81. The predicted octanol–water partition coefficient (Wildman–Crippen LogP) is 17.1. The van der Waals surface area contributed by atoms with Gasteiger partial charge in [-0.15, -0.1) is 0 Å². The molecule has 0 radical (unpaired) electrons. The first kappa shape index (κ1) is 77.9. The Labute approximate surface area is 674 Å². The maximum atomic E-state index is 13.0. The number of nitrogens with zero attached hydrogens (tertiary/aromatic N) is 9. The molecule has 0 aliphatic carbocycles. The van der Waals surface area contributed by atoms with Crippen molar-refractivity contribution in [3.8, 4) is 0 Å². The molecule has 598 valence electrons. The van der Waals surface area contributed by atoms with Crippen LogP contribution < -0.4 is 24.5 Å². The molecule has 12 atom stereocenters. The van der Waals surface area contributed by atoms with E-state index in [0.29, 0.717) is 47.8 Å². The van der Waals surface area contributed by atoms with Gasteiger partial charge in [0.1, 0.15) is 5.82 Å². The second kappa shape index (κ2) is 35.1. The fourth-order valence-electron chi connectivity index (χ4n) is 22.6. The van der Waals surface area contributed by atoms with Crippen LogP contribution in [0.3, 0.4) is 0 Å². The van der Waals surface area contributed by atoms with Crippen LogP contribution in [0.5, 0.6) is 0 Å². The number of hydrogen-bond acceptors (Lipinski definition) is 13. The summed E-state index contributed by atoms with van der Waals surface area (Å²) in [6, 6.07) is 61.7. The Balaban J connectivity index is 0.000000109. The highest BCUT2D eigenvalue weighted by Crippen LogP contribution is 2.54. The molecule has 8 aromatic carbocycles. The summed E-state index contributed by atoms with van der Waals surface area (Å²) in [6.45, 7) is 25.9. The van der Waals surface area contributed by atoms with Crippen LogP contribution in [0.2, 0.25) is 0 Å². The summed E-state index contributed by atoms with van der Waals surface area (Å²) >= 11 is 0. The van der Waals surface area contributed by atoms with E-state index in [4.69, 9.17) is 0 Å². The van der Waals surface area contributed by atoms with Crippen LogP contribution in [0.1, 0.15) is 222 Å². The molecular formula is C99H126FN9O4. The minimum Gasteiger partial charge on any atom is -0.388 e. The zero-order valence-electron chi connectivity index (χ0n) is 68.0. The molecule has 12 heterocycles. The lowest BCUT2D eigenvalue weighted by Gasteiger charge is -2.41. The van der Waals surface area contributed by atoms with Gasteiger partial charge in [0, 0.05) is 157 Å². The molecule has 113 heavy (non-hydrogen) atoms. The van der Waals surface area contributed by atoms with Crippen LogP contribution in [0, 0.1) is 26.6 Å². The molecule has 20 rings (SSSR count). The smallest absolute Gasteiger partial charge is 0.123 e. The highest BCUT2D eigenvalue weighted by atomic mass is 19.1. The van der Waals surface area contributed by atoms with Gasteiger partial charge in [-0.2, -0.15) is 0 Å². The van der Waals surface area contributed by atoms with E-state index in [1.165, 1.54) is 157 Å². The summed E-state index contributed by atoms with van der Waals surface area (Å²) in [5.74, 6) is 2.35. The Hall–Kier alpha value is -7.63. The average molecular weight is 1530 g/mol. The quantitative estimate of drug-likeness (QED) is 0.0582. The molecule has 0 spiro atoms. The van der Waals surface area contributed by atoms with Crippen molar-refractivity contribution in [2.24, 2.45) is 0 Å². The Kier molecular flexibility index (Phi) is 24.2. The summed E-state index contributed by atoms with van der Waals surface area (Å²) < 4.78 is 13.0. The molecule has 0 aromatic heterocycles. The van der Waals surface area contributed by atoms with E-state index in [0.717, 1.165) is 133 Å². The molecule has 13 nitrogen and oxygen atoms in total. The standard InChI is InChI=1S/C25H33N3O.2C25H32N2O.C24H29FN2O/c1-18-8-10-19(11-9-18)24(29)7-4-13-27-14-12-22-21(17-27)20-5-3-6-23-25(20)28(22)16-15-26(23)2;2*1-18-9-11-19(12-10-18)24(28)8-4-14-26-16-13-23-22(17-26)21-7-2-5-20-6-3-15-27(23)25(20)21;25-19-10-8-17(9-11-19)23(28)7-3-13-26-15-12-22-21(16-26)20-6-1-4-18-5-2-14-27(22)24(18)20/h3,5-6,8-11,21-22,24,29H,4,7,12-17H2,1-2H3;2*2,5,7,9-12,22-24,28H,3-4,6,8,13-17H2,1H3;1,4,6,8-11,21-23,28H,2-3,5,7,12-16H2/t21-,22-,24-;22-,23-,24?;22-,23-,24-;21-,22-,23+/m0000/s1. The molecule has 12 aliphatic rings. The van der Waals surface area contributed by atoms with Crippen LogP contribution in [0.4, 0.5) is 32.8 Å². The Morgan fingerprint density at radius 2 is 0.611 bits per heavy atom. The number of piperidine rings is 4. The molecule has 0 saturated carbocycles. The predicted molar refractivity (Wildman–Crippen MR) is 460 cm³/mol. The maximum absolute atomic E-state index is 13.0. The minimum atomic E-state index is -0.502. The van der Waals surface area contributed by atoms with Gasteiger partial charge < -0.3 is 64.5 Å². The van der Waals surface area contributed by atoms with Gasteiger partial charge in [0.25, 0.3) is 0 Å². The average Bonchev–Trinajstić information content (AvgIpc) is 1.60. The summed E-state index contributed by atoms with van der Waals surface area (Å²) in [4.78, 5) is 23.8. The van der Waals surface area contributed by atoms with E-state index in [1.54, 1.807) is 68.1 Å². The maximum Gasteiger partial charge on any atom is 0.123 e. The third-order valence-corrected chi connectivity index (χ3v) is 28.6. The summed E-state index contributed by atoms with van der Waals surface area (Å²) in [5.41, 5.74) is 26.4. The van der Waals surface area contributed by atoms with Gasteiger partial charge in [0.15, 0.2) is 0 Å². The number of halogens is 1. The number of likely N-dealkylation sites (N-methyl/N-ethyl adjacent to an activating group) is 1. The first-order valence-electron chi connectivity index (χ1n) is 44.1. The van der Waals surface area contributed by atoms with E-state index in [9.17, 15) is 24.8 Å². The lowest BCUT2D eigenvalue weighted by atomic mass is 9.88. The van der Waals surface area contributed by atoms with Crippen molar-refractivity contribution in [2.75, 3.05) is 143 Å². The van der Waals surface area contributed by atoms with Crippen molar-refractivity contribution in [3.05, 3.63) is 254 Å². The molecular weight excluding hydrogens is 1400 g/mol. The highest BCUT2D eigenvalue weighted by Gasteiger charge is 2.48. The van der Waals surface area contributed by atoms with Crippen molar-refractivity contribution in [1.29, 1.82) is 0 Å². The number of benzene rings is 8. The molecule has 12 aliphatic heterocycles. The molecule has 0 bridgehead atoms. The SMILES string of the molecule is Cc1ccc(C(O)CCCN2CC[C@H]3[C@@H](C2)c2cccc4c2N3CCC4)cc1.Cc1ccc([C@@H](O)CCCN2CC[C@H]3[C@@H](C2)c2cccc4c2N3CCC4)cc1.Cc1ccc([C@@H](O)CCCN2CC[C@H]3[C@@H](C2)c2cccc4c2N3CCN4C)cc1.O[C@H](CCCN1CC[C@H]2[C@@H](C1)c1cccc3c1N2CCC3)c1ccc(F)cc1. The summed E-state index contributed by atoms with van der Waals surface area (Å²) in [6.07, 6.45) is 18.5. The molecule has 8 aromatic rings. The van der Waals surface area contributed by atoms with Crippen molar-refractivity contribution in [3.63, 3.8) is 0 Å². The number of aryl methyl sites for hydroxylation is 6. The van der Waals surface area contributed by atoms with Gasteiger partial charge in [0.05, 0.1) is 35.8 Å². The van der Waals surface area contributed by atoms with Gasteiger partial charge in [-0.05, 0) is 242 Å². The van der Waals surface area contributed by atoms with Crippen LogP contribution in [0.15, 0.2) is 170 Å². The lowest BCUT2D eigenvalue weighted by Crippen LogP contribution is -2.49. The molecule has 4 saturated heterocycles. The van der Waals surface area contributed by atoms with Crippen LogP contribution in [-0.4, -0.2) is 183 Å². The number of aliphatic hydroxyl groups is 4. The van der Waals surface area contributed by atoms with Gasteiger partial charge in [-0.3, -0.25) is 0 Å². The van der Waals surface area contributed by atoms with Crippen LogP contribution >= 0.6 is 0 Å². The van der Waals surface area contributed by atoms with Gasteiger partial charge in [0.2, 0.25) is 0 Å². The van der Waals surface area contributed by atoms with Crippen molar-refractivity contribution < 1.29 is 24.8 Å². The zero-order chi connectivity index (χ0) is 77.2. The second-order valence-electron chi connectivity index (χ2n) is 35.8. The first-order chi connectivity index (χ1) is 55.2. The van der Waals surface area contributed by atoms with Gasteiger partial charge >= 0.3 is 0 Å². The third kappa shape index (κ3) is 16.8.